The van der Waals surface area contributed by atoms with Crippen LogP contribution in [0.25, 0.3) is 0 Å². The molecule has 0 unspecified atom stereocenters. The zero-order chi connectivity index (χ0) is 98.8. The fraction of sp³-hybridized carbons (Fsp3) is 0.250. The van der Waals surface area contributed by atoms with Gasteiger partial charge < -0.3 is 60.5 Å². The van der Waals surface area contributed by atoms with Crippen LogP contribution in [0.15, 0.2) is 149 Å². The summed E-state index contributed by atoms with van der Waals surface area (Å²) in [5.41, 5.74) is 0. The summed E-state index contributed by atoms with van der Waals surface area (Å²) in [5, 5.41) is -15.3. The van der Waals surface area contributed by atoms with E-state index in [4.69, 9.17) is 28.4 Å². The Morgan fingerprint density at radius 3 is 0.961 bits per heavy atom. The number of halogens is 27. The Hall–Kier alpha value is 0.0700. The molecule has 0 saturated heterocycles. The van der Waals surface area contributed by atoms with Crippen LogP contribution in [0.1, 0.15) is 38.5 Å². The molecule has 0 aliphatic heterocycles. The predicted molar refractivity (Wildman–Crippen MR) is 497 cm³/mol. The highest BCUT2D eigenvalue weighted by atomic mass is 79.9. The highest BCUT2D eigenvalue weighted by Gasteiger charge is 2.51. The minimum Gasteiger partial charge on any atom is -0.748 e. The molecular weight excluding hydrogens is 3250 g/mol. The zero-order valence-corrected chi connectivity index (χ0v) is 97.7. The maximum atomic E-state index is 13.4. The summed E-state index contributed by atoms with van der Waals surface area (Å²) in [4.78, 5) is 103. The number of hydrogen-bond donors (Lipinski definition) is 0. The zero-order valence-electron chi connectivity index (χ0n) is 59.5. The van der Waals surface area contributed by atoms with Crippen molar-refractivity contribution in [3.8, 4) is 34.5 Å². The Kier molecular flexibility index (Phi) is 50.8. The summed E-state index contributed by atoms with van der Waals surface area (Å²) in [6.07, 6.45) is -2.11. The topological polar surface area (TPSA) is 561 Å². The largest absolute Gasteiger partial charge is 0.748 e. The summed E-state index contributed by atoms with van der Waals surface area (Å²) in [6.45, 7) is -1.32. The molecular formula is C60H31Br21F6O34S6-6. The van der Waals surface area contributed by atoms with Gasteiger partial charge in [-0.15, -0.1) is 0 Å². The number of Topliss-reactive ketones (excluding diaryl/α,β-unsaturated/α-hetero) is 2. The van der Waals surface area contributed by atoms with Gasteiger partial charge in [0.15, 0.2) is 60.0 Å². The average Bonchev–Trinajstić information content (AvgIpc) is 0.781. The first kappa shape index (κ1) is 123. The first-order valence-corrected chi connectivity index (χ1v) is 56.2. The SMILES string of the molecule is O=C(CCC(=O)C(F)(F)S(=O)(=O)[O-])Oc1c(Br)cc(Br)cc1Br.O=C(COC(=O)C(F)(F)S(=O)(=O)[O-])Oc1c(Br)cc(Br)cc1Br.O=C(CS(=O)(=O)[O-])Oc1c(Br)c(Br)c(Br)c(Br)c1Br.O=C(CS(=O)(=O)[O-])Oc1cc(Br)c(Br)c(Br)c1Br.O=C(CS(=O)(=O)[O-])Oc1cc(Br)cc(Br)c1Br.O=C(Oc1c(Br)cc(Br)cc1Br)C1CCC(C(=O)C(F)(F)S(=O)(=O)[O-])CC1. The standard InChI is InChI=1S/C15H13Br3F2O6S.C11H7Br3F2O6S.C10H5Br3F2O7S.C8H3Br5O5S.C8H4Br4O5S.C8H5Br3O5S/c16-9-5-10(17)12(11(18)6-9)26-14(22)8-3-1-7(2-4-8)13(21)15(19,20)27(23,24)25;12-5-3-6(13)10(7(14)4-5)22-9(18)2-1-8(17)11(15,16)23(19,20)21;11-4-1-5(12)8(6(13)2-4)22-7(16)3-21-9(17)10(14,15)23(18,19)20;9-3-4(10)6(12)8(7(13)5(3)11)18-2(14)1-19(15,16)17;9-3-1-4(7(11)8(12)6(3)10)17-5(13)2-18(14,15)16;9-4-1-5(10)8(11)6(2-4)16-7(12)3-17(13,14)15/h5-8H,1-4H2,(H,23,24,25);3-4H,1-2H2,(H,19,20,21);1-2H,3H2,(H,18,19,20);1H2,(H,15,16,17);1H,2H2,(H,14,15,16);1-2H,3H2,(H,13,14,15)/p-6. The number of ether oxygens (including phenoxy) is 7. The minimum absolute atomic E-state index is 0.0301. The van der Waals surface area contributed by atoms with Crippen LogP contribution < -0.4 is 28.4 Å². The van der Waals surface area contributed by atoms with E-state index < -0.39 is 178 Å². The molecule has 6 aromatic rings. The molecule has 0 bridgehead atoms. The Morgan fingerprint density at radius 2 is 0.598 bits per heavy atom. The van der Waals surface area contributed by atoms with Gasteiger partial charge in [0.2, 0.25) is 11.6 Å². The van der Waals surface area contributed by atoms with Crippen LogP contribution in [0.4, 0.5) is 26.3 Å². The quantitative estimate of drug-likeness (QED) is 0.0128. The van der Waals surface area contributed by atoms with Gasteiger partial charge in [-0.25, -0.2) is 60.1 Å². The van der Waals surface area contributed by atoms with E-state index in [0.29, 0.717) is 89.5 Å². The van der Waals surface area contributed by atoms with Gasteiger partial charge in [0.25, 0.3) is 0 Å². The molecule has 706 valence electrons. The van der Waals surface area contributed by atoms with Crippen molar-refractivity contribution in [3.05, 3.63) is 149 Å². The first-order valence-electron chi connectivity index (χ1n) is 30.6. The maximum Gasteiger partial charge on any atom is 0.428 e. The molecule has 0 atom stereocenters. The van der Waals surface area contributed by atoms with Crippen LogP contribution in [0.5, 0.6) is 34.5 Å². The van der Waals surface area contributed by atoms with E-state index >= 15 is 0 Å². The molecule has 67 heteroatoms. The monoisotopic (exact) mass is 3260 g/mol. The normalized spacial score (nSPS) is 13.6. The van der Waals surface area contributed by atoms with Crippen molar-refractivity contribution in [1.29, 1.82) is 0 Å². The fourth-order valence-corrected chi connectivity index (χ4v) is 24.0. The van der Waals surface area contributed by atoms with Crippen molar-refractivity contribution in [2.75, 3.05) is 23.9 Å². The van der Waals surface area contributed by atoms with Gasteiger partial charge in [0.05, 0.1) is 70.5 Å². The third kappa shape index (κ3) is 40.1. The number of alkyl halides is 6. The van der Waals surface area contributed by atoms with Gasteiger partial charge in [0.1, 0.15) is 59.1 Å². The lowest BCUT2D eigenvalue weighted by molar-refractivity contribution is -0.166. The van der Waals surface area contributed by atoms with Crippen molar-refractivity contribution in [1.82, 2.24) is 0 Å². The van der Waals surface area contributed by atoms with Gasteiger partial charge in [0, 0.05) is 48.1 Å². The van der Waals surface area contributed by atoms with Gasteiger partial charge in [-0.2, -0.15) is 26.3 Å². The van der Waals surface area contributed by atoms with E-state index in [1.807, 2.05) is 0 Å². The number of carbonyl (C=O) groups excluding carboxylic acids is 9. The lowest BCUT2D eigenvalue weighted by Gasteiger charge is -2.29. The summed E-state index contributed by atoms with van der Waals surface area (Å²) in [5.74, 6) is -18.2. The van der Waals surface area contributed by atoms with Crippen molar-refractivity contribution in [2.45, 2.75) is 54.3 Å². The molecule has 0 radical (unpaired) electrons. The van der Waals surface area contributed by atoms with Crippen molar-refractivity contribution < 1.29 is 180 Å². The molecule has 0 amide bonds. The van der Waals surface area contributed by atoms with Gasteiger partial charge in [-0.1, -0.05) is 63.7 Å². The van der Waals surface area contributed by atoms with Crippen molar-refractivity contribution in [2.24, 2.45) is 11.8 Å². The van der Waals surface area contributed by atoms with Gasteiger partial charge >= 0.3 is 57.5 Å². The number of benzene rings is 6. The Balaban J connectivity index is 0.000000520. The van der Waals surface area contributed by atoms with Crippen molar-refractivity contribution >= 4 is 449 Å². The van der Waals surface area contributed by atoms with Crippen LogP contribution in [-0.2, 0) is 109 Å². The molecule has 0 spiro atoms. The third-order valence-electron chi connectivity index (χ3n) is 13.4. The summed E-state index contributed by atoms with van der Waals surface area (Å²) >= 11 is 67.2. The molecule has 0 N–H and O–H groups in total. The van der Waals surface area contributed by atoms with Gasteiger partial charge in [-0.3, -0.25) is 33.6 Å². The Labute approximate surface area is 889 Å². The number of hydrogen-bond acceptors (Lipinski definition) is 34. The number of carbonyl (C=O) groups is 9. The maximum absolute atomic E-state index is 13.4. The average molecular weight is 3280 g/mol. The van der Waals surface area contributed by atoms with E-state index in [1.165, 1.54) is 24.3 Å². The molecule has 1 fully saturated rings. The van der Waals surface area contributed by atoms with Crippen LogP contribution in [0.2, 0.25) is 0 Å². The number of esters is 7. The van der Waals surface area contributed by atoms with Crippen molar-refractivity contribution in [3.63, 3.8) is 0 Å². The van der Waals surface area contributed by atoms with E-state index in [9.17, 15) is 147 Å². The molecule has 6 aromatic carbocycles. The Bertz CT molecular complexity index is 5800. The highest BCUT2D eigenvalue weighted by Crippen LogP contribution is 2.50. The molecule has 0 aromatic heterocycles. The highest BCUT2D eigenvalue weighted by molar-refractivity contribution is 9.17. The number of rotatable bonds is 25. The lowest BCUT2D eigenvalue weighted by Crippen LogP contribution is -2.43. The molecule has 34 nitrogen and oxygen atoms in total. The Morgan fingerprint density at radius 1 is 0.307 bits per heavy atom. The van der Waals surface area contributed by atoms with Crippen LogP contribution in [0, 0.1) is 11.8 Å². The molecule has 1 aliphatic carbocycles. The van der Waals surface area contributed by atoms with E-state index in [1.54, 1.807) is 30.3 Å². The lowest BCUT2D eigenvalue weighted by atomic mass is 9.80. The van der Waals surface area contributed by atoms with E-state index in [0.717, 1.165) is 4.47 Å². The molecule has 1 saturated carbocycles. The van der Waals surface area contributed by atoms with Crippen LogP contribution in [0.3, 0.4) is 0 Å². The molecule has 0 heterocycles. The summed E-state index contributed by atoms with van der Waals surface area (Å²) in [6, 6.07) is 14.1. The predicted octanol–water partition coefficient (Wildman–Crippen LogP) is 19.9. The second kappa shape index (κ2) is 52.4. The van der Waals surface area contributed by atoms with Crippen LogP contribution in [-0.4, -0.2) is 171 Å². The van der Waals surface area contributed by atoms with E-state index in [-0.39, 0.29) is 60.2 Å². The third-order valence-corrected chi connectivity index (χ3v) is 35.6. The molecule has 7 rings (SSSR count). The number of ketones is 2. The second-order valence-electron chi connectivity index (χ2n) is 22.7. The summed E-state index contributed by atoms with van der Waals surface area (Å²) in [7, 11) is -32.4. The molecule has 1 aliphatic rings. The van der Waals surface area contributed by atoms with E-state index in [2.05, 4.69) is 339 Å². The molecule has 127 heavy (non-hydrogen) atoms. The van der Waals surface area contributed by atoms with Gasteiger partial charge in [-0.05, 0) is 351 Å². The summed E-state index contributed by atoms with van der Waals surface area (Å²) < 4.78 is 310. The van der Waals surface area contributed by atoms with Crippen LogP contribution >= 0.6 is 335 Å². The smallest absolute Gasteiger partial charge is 0.428 e. The first-order chi connectivity index (χ1) is 57.4. The fourth-order valence-electron chi connectivity index (χ4n) is 7.92. The second-order valence-corrected chi connectivity index (χ2v) is 48.8. The minimum atomic E-state index is -6.26.